The number of amides is 1. The zero-order valence-electron chi connectivity index (χ0n) is 10.7. The Hall–Kier alpha value is -1.10. The maximum atomic E-state index is 11.8. The standard InChI is InChI=1S/C12H21NO4/c1-8(2)9-4-5-10(12(15)16)13(6-9)11(14)7-17-3/h8-10H,4-7H2,1-3H3,(H,15,16). The summed E-state index contributed by atoms with van der Waals surface area (Å²) in [5.74, 6) is -0.309. The molecular weight excluding hydrogens is 222 g/mol. The van der Waals surface area contributed by atoms with Crippen LogP contribution in [-0.2, 0) is 14.3 Å². The van der Waals surface area contributed by atoms with Crippen LogP contribution in [0.25, 0.3) is 0 Å². The molecule has 0 spiro atoms. The summed E-state index contributed by atoms with van der Waals surface area (Å²) in [4.78, 5) is 24.4. The van der Waals surface area contributed by atoms with Gasteiger partial charge in [0.25, 0.3) is 0 Å². The van der Waals surface area contributed by atoms with E-state index in [2.05, 4.69) is 13.8 Å². The average molecular weight is 243 g/mol. The van der Waals surface area contributed by atoms with E-state index in [1.165, 1.54) is 12.0 Å². The molecule has 0 aromatic heterocycles. The van der Waals surface area contributed by atoms with E-state index < -0.39 is 12.0 Å². The number of carboxylic acid groups (broad SMARTS) is 1. The largest absolute Gasteiger partial charge is 0.480 e. The Bertz CT molecular complexity index is 290. The zero-order valence-corrected chi connectivity index (χ0v) is 10.7. The lowest BCUT2D eigenvalue weighted by molar-refractivity contribution is -0.155. The summed E-state index contributed by atoms with van der Waals surface area (Å²) in [5.41, 5.74) is 0. The Balaban J connectivity index is 2.75. The lowest BCUT2D eigenvalue weighted by atomic mass is 9.85. The van der Waals surface area contributed by atoms with Crippen molar-refractivity contribution in [2.45, 2.75) is 32.7 Å². The first-order chi connectivity index (χ1) is 7.97. The molecule has 0 saturated carbocycles. The second-order valence-corrected chi connectivity index (χ2v) is 4.91. The SMILES string of the molecule is COCC(=O)N1CC(C(C)C)CCC1C(=O)O. The van der Waals surface area contributed by atoms with Crippen LogP contribution in [0.5, 0.6) is 0 Å². The highest BCUT2D eigenvalue weighted by molar-refractivity contribution is 5.84. The van der Waals surface area contributed by atoms with Gasteiger partial charge in [0.1, 0.15) is 12.6 Å². The summed E-state index contributed by atoms with van der Waals surface area (Å²) in [7, 11) is 1.44. The molecule has 1 amide bonds. The van der Waals surface area contributed by atoms with Gasteiger partial charge in [-0.05, 0) is 24.7 Å². The van der Waals surface area contributed by atoms with Gasteiger partial charge in [-0.25, -0.2) is 4.79 Å². The second kappa shape index (κ2) is 6.00. The molecule has 5 heteroatoms. The molecule has 5 nitrogen and oxygen atoms in total. The van der Waals surface area contributed by atoms with Crippen LogP contribution < -0.4 is 0 Å². The maximum Gasteiger partial charge on any atom is 0.326 e. The monoisotopic (exact) mass is 243 g/mol. The molecule has 1 heterocycles. The molecule has 0 aromatic rings. The number of ether oxygens (including phenoxy) is 1. The van der Waals surface area contributed by atoms with E-state index in [1.807, 2.05) is 0 Å². The first-order valence-electron chi connectivity index (χ1n) is 5.98. The van der Waals surface area contributed by atoms with Gasteiger partial charge in [-0.15, -0.1) is 0 Å². The van der Waals surface area contributed by atoms with Gasteiger partial charge in [-0.3, -0.25) is 4.79 Å². The van der Waals surface area contributed by atoms with Crippen molar-refractivity contribution in [3.63, 3.8) is 0 Å². The normalized spacial score (nSPS) is 25.1. The third-order valence-electron chi connectivity index (χ3n) is 3.43. The number of nitrogens with zero attached hydrogens (tertiary/aromatic N) is 1. The van der Waals surface area contributed by atoms with Crippen molar-refractivity contribution in [2.24, 2.45) is 11.8 Å². The number of hydrogen-bond donors (Lipinski definition) is 1. The molecule has 1 fully saturated rings. The van der Waals surface area contributed by atoms with Crippen LogP contribution in [0.2, 0.25) is 0 Å². The predicted molar refractivity (Wildman–Crippen MR) is 62.6 cm³/mol. The molecule has 0 bridgehead atoms. The van der Waals surface area contributed by atoms with E-state index in [1.54, 1.807) is 0 Å². The number of rotatable bonds is 4. The molecule has 0 aliphatic carbocycles. The second-order valence-electron chi connectivity index (χ2n) is 4.91. The van der Waals surface area contributed by atoms with Gasteiger partial charge in [0.05, 0.1) is 0 Å². The maximum absolute atomic E-state index is 11.8. The van der Waals surface area contributed by atoms with Crippen LogP contribution in [-0.4, -0.2) is 48.2 Å². The highest BCUT2D eigenvalue weighted by atomic mass is 16.5. The molecule has 98 valence electrons. The third kappa shape index (κ3) is 3.43. The van der Waals surface area contributed by atoms with Gasteiger partial charge in [-0.2, -0.15) is 0 Å². The summed E-state index contributed by atoms with van der Waals surface area (Å²) in [6.07, 6.45) is 1.40. The van der Waals surface area contributed by atoms with Crippen LogP contribution in [0.1, 0.15) is 26.7 Å². The summed E-state index contributed by atoms with van der Waals surface area (Å²) < 4.78 is 4.80. The van der Waals surface area contributed by atoms with Gasteiger partial charge in [0.2, 0.25) is 5.91 Å². The first-order valence-corrected chi connectivity index (χ1v) is 5.98. The fourth-order valence-electron chi connectivity index (χ4n) is 2.28. The smallest absolute Gasteiger partial charge is 0.326 e. The van der Waals surface area contributed by atoms with Crippen molar-refractivity contribution >= 4 is 11.9 Å². The zero-order chi connectivity index (χ0) is 13.0. The predicted octanol–water partition coefficient (Wildman–Crippen LogP) is 0.981. The minimum absolute atomic E-state index is 0.0470. The molecule has 17 heavy (non-hydrogen) atoms. The molecule has 2 unspecified atom stereocenters. The van der Waals surface area contributed by atoms with Crippen molar-refractivity contribution in [3.05, 3.63) is 0 Å². The molecule has 0 aromatic carbocycles. The Morgan fingerprint density at radius 1 is 1.41 bits per heavy atom. The van der Waals surface area contributed by atoms with E-state index in [-0.39, 0.29) is 12.5 Å². The Labute approximate surface area is 102 Å². The number of carbonyl (C=O) groups excluding carboxylic acids is 1. The number of piperidine rings is 1. The molecule has 0 radical (unpaired) electrons. The van der Waals surface area contributed by atoms with Crippen molar-refractivity contribution in [1.82, 2.24) is 4.90 Å². The molecule has 1 saturated heterocycles. The molecular formula is C12H21NO4. The van der Waals surface area contributed by atoms with Gasteiger partial charge in [0, 0.05) is 13.7 Å². The van der Waals surface area contributed by atoms with Gasteiger partial charge < -0.3 is 14.7 Å². The van der Waals surface area contributed by atoms with Crippen molar-refractivity contribution in [2.75, 3.05) is 20.3 Å². The summed E-state index contributed by atoms with van der Waals surface area (Å²) in [6.45, 7) is 4.68. The van der Waals surface area contributed by atoms with Crippen LogP contribution in [0, 0.1) is 11.8 Å². The summed E-state index contributed by atoms with van der Waals surface area (Å²) in [6, 6.07) is -0.687. The van der Waals surface area contributed by atoms with E-state index in [4.69, 9.17) is 9.84 Å². The number of methoxy groups -OCH3 is 1. The number of carboxylic acids is 1. The van der Waals surface area contributed by atoms with Crippen LogP contribution in [0.15, 0.2) is 0 Å². The lowest BCUT2D eigenvalue weighted by Gasteiger charge is -2.39. The van der Waals surface area contributed by atoms with Crippen molar-refractivity contribution in [1.29, 1.82) is 0 Å². The van der Waals surface area contributed by atoms with Crippen LogP contribution in [0.4, 0.5) is 0 Å². The molecule has 2 atom stereocenters. The Morgan fingerprint density at radius 3 is 2.53 bits per heavy atom. The highest BCUT2D eigenvalue weighted by Crippen LogP contribution is 2.27. The van der Waals surface area contributed by atoms with Crippen molar-refractivity contribution in [3.8, 4) is 0 Å². The number of hydrogen-bond acceptors (Lipinski definition) is 3. The van der Waals surface area contributed by atoms with E-state index in [0.717, 1.165) is 6.42 Å². The average Bonchev–Trinajstić information content (AvgIpc) is 2.28. The van der Waals surface area contributed by atoms with Crippen LogP contribution in [0.3, 0.4) is 0 Å². The first kappa shape index (κ1) is 14.0. The van der Waals surface area contributed by atoms with Gasteiger partial charge in [-0.1, -0.05) is 13.8 Å². The van der Waals surface area contributed by atoms with E-state index in [9.17, 15) is 9.59 Å². The molecule has 1 N–H and O–H groups in total. The number of likely N-dealkylation sites (tertiary alicyclic amines) is 1. The topological polar surface area (TPSA) is 66.8 Å². The van der Waals surface area contributed by atoms with Gasteiger partial charge in [0.15, 0.2) is 0 Å². The lowest BCUT2D eigenvalue weighted by Crippen LogP contribution is -2.52. The minimum atomic E-state index is -0.920. The van der Waals surface area contributed by atoms with Crippen molar-refractivity contribution < 1.29 is 19.4 Å². The third-order valence-corrected chi connectivity index (χ3v) is 3.43. The van der Waals surface area contributed by atoms with E-state index in [0.29, 0.717) is 24.8 Å². The minimum Gasteiger partial charge on any atom is -0.480 e. The fourth-order valence-corrected chi connectivity index (χ4v) is 2.28. The quantitative estimate of drug-likeness (QED) is 0.799. The highest BCUT2D eigenvalue weighted by Gasteiger charge is 2.36. The Kier molecular flexibility index (Phi) is 4.93. The molecule has 1 aliphatic rings. The van der Waals surface area contributed by atoms with Crippen LogP contribution >= 0.6 is 0 Å². The fraction of sp³-hybridized carbons (Fsp3) is 0.833. The summed E-state index contributed by atoms with van der Waals surface area (Å²) >= 11 is 0. The molecule has 1 rings (SSSR count). The molecule has 1 aliphatic heterocycles. The number of carbonyl (C=O) groups is 2. The van der Waals surface area contributed by atoms with E-state index >= 15 is 0 Å². The number of aliphatic carboxylic acids is 1. The summed E-state index contributed by atoms with van der Waals surface area (Å²) in [5, 5.41) is 9.12. The Morgan fingerprint density at radius 2 is 2.06 bits per heavy atom. The van der Waals surface area contributed by atoms with Gasteiger partial charge >= 0.3 is 5.97 Å².